The average molecular weight is 442 g/mol. The number of aromatic nitrogens is 1. The minimum absolute atomic E-state index is 0.148. The number of halogens is 1. The number of nitrogens with one attached hydrogen (secondary N) is 1. The number of primary amides is 1. The first-order valence-corrected chi connectivity index (χ1v) is 10.3. The van der Waals surface area contributed by atoms with Crippen LogP contribution in [-0.4, -0.2) is 17.9 Å². The number of nitrogens with zero attached hydrogens (tertiary/aromatic N) is 2. The Labute approximate surface area is 191 Å². The van der Waals surface area contributed by atoms with Crippen molar-refractivity contribution >= 4 is 17.4 Å². The molecular weight excluding hydrogens is 419 g/mol. The Kier molecular flexibility index (Phi) is 6.61. The maximum absolute atomic E-state index is 12.2. The Bertz CT molecular complexity index is 1230. The summed E-state index contributed by atoms with van der Waals surface area (Å²) in [4.78, 5) is 18.2. The third-order valence-corrected chi connectivity index (χ3v) is 5.17. The summed E-state index contributed by atoms with van der Waals surface area (Å²) in [6, 6.07) is 28.0. The van der Waals surface area contributed by atoms with Crippen molar-refractivity contribution in [2.24, 2.45) is 5.73 Å². The number of benzene rings is 3. The zero-order chi connectivity index (χ0) is 23.2. The molecule has 0 spiro atoms. The molecule has 0 aliphatic rings. The topological polar surface area (TPSA) is 80.5 Å². The van der Waals surface area contributed by atoms with Gasteiger partial charge in [0.2, 0.25) is 0 Å². The molecule has 33 heavy (non-hydrogen) atoms. The largest absolute Gasteiger partial charge is 0.457 e. The van der Waals surface area contributed by atoms with Crippen molar-refractivity contribution in [3.63, 3.8) is 0 Å². The fourth-order valence-electron chi connectivity index (χ4n) is 3.37. The second-order valence-corrected chi connectivity index (χ2v) is 7.44. The molecule has 3 N–H and O–H groups in total. The molecule has 0 fully saturated rings. The van der Waals surface area contributed by atoms with Gasteiger partial charge in [-0.3, -0.25) is 4.79 Å². The van der Waals surface area contributed by atoms with Gasteiger partial charge in [0.15, 0.2) is 0 Å². The van der Waals surface area contributed by atoms with Crippen molar-refractivity contribution < 1.29 is 14.0 Å². The molecule has 0 aliphatic carbocycles. The summed E-state index contributed by atoms with van der Waals surface area (Å²) in [5.74, 6) is 1.32. The number of hydrogen-bond acceptors (Lipinski definition) is 5. The van der Waals surface area contributed by atoms with E-state index in [0.717, 1.165) is 22.4 Å². The molecule has 1 aromatic heterocycles. The molecule has 0 saturated heterocycles. The van der Waals surface area contributed by atoms with Crippen molar-refractivity contribution in [3.8, 4) is 22.6 Å². The van der Waals surface area contributed by atoms with Crippen molar-refractivity contribution in [1.82, 2.24) is 10.5 Å². The summed E-state index contributed by atoms with van der Waals surface area (Å²) in [5, 5.41) is 0. The highest BCUT2D eigenvalue weighted by Gasteiger charge is 2.13. The molecule has 4 aromatic rings. The lowest BCUT2D eigenvalue weighted by Crippen LogP contribution is -2.17. The quantitative estimate of drug-likeness (QED) is 0.358. The number of anilines is 2. The molecule has 0 unspecified atom stereocenters. The Morgan fingerprint density at radius 3 is 2.18 bits per heavy atom. The molecule has 0 radical (unpaired) electrons. The Morgan fingerprint density at radius 1 is 0.939 bits per heavy atom. The van der Waals surface area contributed by atoms with Gasteiger partial charge in [-0.15, -0.1) is 4.48 Å². The van der Waals surface area contributed by atoms with E-state index in [-0.39, 0.29) is 12.2 Å². The lowest BCUT2D eigenvalue weighted by atomic mass is 10.0. The monoisotopic (exact) mass is 442 g/mol. The molecule has 0 saturated carbocycles. The van der Waals surface area contributed by atoms with Crippen LogP contribution < -0.4 is 20.9 Å². The van der Waals surface area contributed by atoms with Crippen LogP contribution in [0.3, 0.4) is 0 Å². The van der Waals surface area contributed by atoms with E-state index >= 15 is 0 Å². The highest BCUT2D eigenvalue weighted by atomic mass is 19.2. The molecule has 0 bridgehead atoms. The first-order chi connectivity index (χ1) is 16.0. The third-order valence-electron chi connectivity index (χ3n) is 5.17. The molecule has 1 amide bonds. The van der Waals surface area contributed by atoms with Crippen LogP contribution in [-0.2, 0) is 6.54 Å². The van der Waals surface area contributed by atoms with Crippen molar-refractivity contribution in [3.05, 3.63) is 102 Å². The first-order valence-electron chi connectivity index (χ1n) is 10.3. The molecular formula is C26H23FN4O2. The lowest BCUT2D eigenvalue weighted by Gasteiger charge is -2.20. The van der Waals surface area contributed by atoms with E-state index < -0.39 is 5.91 Å². The number of para-hydroxylation sites is 1. The number of carbonyl (C=O) groups is 1. The molecule has 3 aromatic carbocycles. The number of amides is 1. The Hall–Kier alpha value is -4.23. The zero-order valence-electron chi connectivity index (χ0n) is 18.0. The molecule has 166 valence electrons. The Balaban J connectivity index is 1.59. The van der Waals surface area contributed by atoms with Gasteiger partial charge in [0.1, 0.15) is 23.0 Å². The van der Waals surface area contributed by atoms with Gasteiger partial charge in [-0.1, -0.05) is 42.5 Å². The second-order valence-electron chi connectivity index (χ2n) is 7.44. The van der Waals surface area contributed by atoms with Gasteiger partial charge < -0.3 is 15.4 Å². The van der Waals surface area contributed by atoms with Crippen LogP contribution in [0.4, 0.5) is 16.0 Å². The van der Waals surface area contributed by atoms with E-state index in [9.17, 15) is 9.28 Å². The number of ether oxygens (including phenoxy) is 1. The number of rotatable bonds is 8. The summed E-state index contributed by atoms with van der Waals surface area (Å²) in [6.07, 6.45) is 0. The number of pyridine rings is 1. The van der Waals surface area contributed by atoms with E-state index in [1.165, 1.54) is 0 Å². The van der Waals surface area contributed by atoms with Crippen molar-refractivity contribution in [2.75, 3.05) is 11.9 Å². The summed E-state index contributed by atoms with van der Waals surface area (Å²) < 4.78 is 18.1. The van der Waals surface area contributed by atoms with E-state index in [0.29, 0.717) is 17.3 Å². The Morgan fingerprint density at radius 2 is 1.58 bits per heavy atom. The molecule has 1 heterocycles. The number of carbonyl (C=O) groups excluding carboxylic acids is 1. The zero-order valence-corrected chi connectivity index (χ0v) is 18.0. The predicted molar refractivity (Wildman–Crippen MR) is 127 cm³/mol. The standard InChI is InChI=1S/C26H23FN4O2/c1-31(21-5-3-2-4-6-21)25-16-20(15-24(30-25)26(28)32)19-9-13-23(14-10-19)33-22-11-7-18(8-12-22)17-29-27/h2-16,29H,17H2,1H3,(H2,28,32). The van der Waals surface area contributed by atoms with Gasteiger partial charge in [0.25, 0.3) is 5.91 Å². The summed E-state index contributed by atoms with van der Waals surface area (Å²) in [6.45, 7) is 0.148. The van der Waals surface area contributed by atoms with E-state index in [4.69, 9.17) is 10.5 Å². The second kappa shape index (κ2) is 9.93. The predicted octanol–water partition coefficient (Wildman–Crippen LogP) is 5.38. The van der Waals surface area contributed by atoms with Gasteiger partial charge in [-0.25, -0.2) is 4.98 Å². The first kappa shape index (κ1) is 22.0. The van der Waals surface area contributed by atoms with Crippen LogP contribution in [0.5, 0.6) is 11.5 Å². The maximum Gasteiger partial charge on any atom is 0.267 e. The highest BCUT2D eigenvalue weighted by molar-refractivity contribution is 5.93. The van der Waals surface area contributed by atoms with Gasteiger partial charge in [-0.2, -0.15) is 5.54 Å². The molecule has 0 atom stereocenters. The van der Waals surface area contributed by atoms with E-state index in [1.54, 1.807) is 35.9 Å². The van der Waals surface area contributed by atoms with E-state index in [1.807, 2.05) is 72.6 Å². The number of hydrogen-bond donors (Lipinski definition) is 2. The van der Waals surface area contributed by atoms with Gasteiger partial charge in [-0.05, 0) is 65.2 Å². The average Bonchev–Trinajstić information content (AvgIpc) is 2.85. The normalized spacial score (nSPS) is 10.6. The summed E-state index contributed by atoms with van der Waals surface area (Å²) in [5.41, 5.74) is 10.8. The maximum atomic E-state index is 12.2. The minimum atomic E-state index is -0.592. The van der Waals surface area contributed by atoms with Crippen LogP contribution >= 0.6 is 0 Å². The van der Waals surface area contributed by atoms with Crippen molar-refractivity contribution in [1.29, 1.82) is 0 Å². The highest BCUT2D eigenvalue weighted by Crippen LogP contribution is 2.30. The fraction of sp³-hybridized carbons (Fsp3) is 0.0769. The van der Waals surface area contributed by atoms with Crippen molar-refractivity contribution in [2.45, 2.75) is 6.54 Å². The molecule has 7 heteroatoms. The van der Waals surface area contributed by atoms with Gasteiger partial charge >= 0.3 is 0 Å². The molecule has 6 nitrogen and oxygen atoms in total. The van der Waals surface area contributed by atoms with Gasteiger partial charge in [0, 0.05) is 12.7 Å². The van der Waals surface area contributed by atoms with Crippen LogP contribution in [0.1, 0.15) is 16.1 Å². The fourth-order valence-corrected chi connectivity index (χ4v) is 3.37. The van der Waals surface area contributed by atoms with Crippen LogP contribution in [0.2, 0.25) is 0 Å². The number of nitrogens with two attached hydrogens (primary N) is 1. The smallest absolute Gasteiger partial charge is 0.267 e. The SMILES string of the molecule is CN(c1ccccc1)c1cc(-c2ccc(Oc3ccc(CNF)cc3)cc2)cc(C(N)=O)n1. The van der Waals surface area contributed by atoms with Crippen LogP contribution in [0, 0.1) is 0 Å². The van der Waals surface area contributed by atoms with Crippen LogP contribution in [0.25, 0.3) is 11.1 Å². The summed E-state index contributed by atoms with van der Waals surface area (Å²) in [7, 11) is 1.89. The summed E-state index contributed by atoms with van der Waals surface area (Å²) >= 11 is 0. The lowest BCUT2D eigenvalue weighted by molar-refractivity contribution is 0.0995. The molecule has 4 rings (SSSR count). The van der Waals surface area contributed by atoms with E-state index in [2.05, 4.69) is 4.98 Å². The minimum Gasteiger partial charge on any atom is -0.457 e. The van der Waals surface area contributed by atoms with Crippen LogP contribution in [0.15, 0.2) is 91.0 Å². The molecule has 0 aliphatic heterocycles. The third kappa shape index (κ3) is 5.34. The van der Waals surface area contributed by atoms with Gasteiger partial charge in [0.05, 0.1) is 6.54 Å².